The van der Waals surface area contributed by atoms with Crippen LogP contribution in [0.15, 0.2) is 29.3 Å². The van der Waals surface area contributed by atoms with Gasteiger partial charge in [-0.15, -0.1) is 0 Å². The molecule has 2 aliphatic heterocycles. The van der Waals surface area contributed by atoms with Crippen LogP contribution in [0.5, 0.6) is 5.75 Å². The van der Waals surface area contributed by atoms with Gasteiger partial charge in [-0.05, 0) is 18.6 Å². The zero-order chi connectivity index (χ0) is 12.0. The number of aromatic hydroxyl groups is 1. The molecule has 4 heteroatoms. The molecule has 0 spiro atoms. The number of amides is 1. The lowest BCUT2D eigenvalue weighted by molar-refractivity contribution is -0.119. The first-order valence-corrected chi connectivity index (χ1v) is 5.73. The van der Waals surface area contributed by atoms with Gasteiger partial charge >= 0.3 is 0 Å². The number of aliphatic imine (C=N–C) groups is 1. The van der Waals surface area contributed by atoms with Crippen molar-refractivity contribution in [3.05, 3.63) is 29.8 Å². The summed E-state index contributed by atoms with van der Waals surface area (Å²) in [7, 11) is 0. The monoisotopic (exact) mass is 230 g/mol. The number of phenols is 1. The van der Waals surface area contributed by atoms with Crippen LogP contribution in [0.3, 0.4) is 0 Å². The summed E-state index contributed by atoms with van der Waals surface area (Å²) in [6, 6.07) is 7.19. The highest BCUT2D eigenvalue weighted by molar-refractivity contribution is 6.05. The summed E-state index contributed by atoms with van der Waals surface area (Å²) in [5.74, 6) is 0.318. The van der Waals surface area contributed by atoms with E-state index in [9.17, 15) is 9.90 Å². The third-order valence-corrected chi connectivity index (χ3v) is 3.59. The number of phenolic OH excluding ortho intramolecular Hbond substituents is 1. The fourth-order valence-corrected chi connectivity index (χ4v) is 2.65. The lowest BCUT2D eigenvalue weighted by Crippen LogP contribution is -2.29. The van der Waals surface area contributed by atoms with Crippen LogP contribution in [0.4, 0.5) is 0 Å². The van der Waals surface area contributed by atoms with E-state index in [-0.39, 0.29) is 23.2 Å². The molecule has 0 bridgehead atoms. The van der Waals surface area contributed by atoms with Gasteiger partial charge in [0.15, 0.2) is 0 Å². The van der Waals surface area contributed by atoms with E-state index in [2.05, 4.69) is 17.2 Å². The third kappa shape index (κ3) is 1.52. The van der Waals surface area contributed by atoms with Crippen molar-refractivity contribution in [1.82, 2.24) is 5.32 Å². The Kier molecular flexibility index (Phi) is 2.02. The van der Waals surface area contributed by atoms with Gasteiger partial charge in [-0.25, -0.2) is 0 Å². The number of hydrogen-bond acceptors (Lipinski definition) is 3. The summed E-state index contributed by atoms with van der Waals surface area (Å²) in [6.45, 7) is 2.06. The molecule has 0 aromatic heterocycles. The molecular formula is C13H14N2O2. The van der Waals surface area contributed by atoms with Crippen LogP contribution in [-0.2, 0) is 4.79 Å². The number of nitrogens with zero attached hydrogens (tertiary/aromatic N) is 1. The Balaban J connectivity index is 1.97. The predicted molar refractivity (Wildman–Crippen MR) is 63.9 cm³/mol. The molecule has 2 atom stereocenters. The number of rotatable bonds is 1. The summed E-state index contributed by atoms with van der Waals surface area (Å²) in [5.41, 5.74) is 1.53. The Morgan fingerprint density at radius 2 is 2.18 bits per heavy atom. The lowest BCUT2D eigenvalue weighted by Gasteiger charge is -2.19. The maximum absolute atomic E-state index is 11.3. The molecule has 0 saturated carbocycles. The zero-order valence-corrected chi connectivity index (χ0v) is 9.60. The van der Waals surface area contributed by atoms with Gasteiger partial charge in [-0.2, -0.15) is 0 Å². The van der Waals surface area contributed by atoms with Crippen LogP contribution in [-0.4, -0.2) is 22.9 Å². The summed E-state index contributed by atoms with van der Waals surface area (Å²) < 4.78 is 0. The molecule has 2 heterocycles. The predicted octanol–water partition coefficient (Wildman–Crippen LogP) is 1.44. The Morgan fingerprint density at radius 3 is 2.88 bits per heavy atom. The van der Waals surface area contributed by atoms with Crippen molar-refractivity contribution in [3.63, 3.8) is 0 Å². The van der Waals surface area contributed by atoms with Gasteiger partial charge in [0.05, 0.1) is 0 Å². The smallest absolute Gasteiger partial charge is 0.222 e. The first-order chi connectivity index (χ1) is 8.08. The van der Waals surface area contributed by atoms with Crippen molar-refractivity contribution >= 4 is 11.6 Å². The van der Waals surface area contributed by atoms with Crippen molar-refractivity contribution in [3.8, 4) is 5.75 Å². The van der Waals surface area contributed by atoms with Crippen molar-refractivity contribution < 1.29 is 9.90 Å². The van der Waals surface area contributed by atoms with Gasteiger partial charge < -0.3 is 10.4 Å². The minimum absolute atomic E-state index is 0.0672. The van der Waals surface area contributed by atoms with Gasteiger partial charge in [0.1, 0.15) is 11.9 Å². The first kappa shape index (κ1) is 10.3. The average Bonchev–Trinajstić information content (AvgIpc) is 2.68. The molecule has 1 amide bonds. The standard InChI is InChI=1S/C13H14N2O2/c1-13-6-9(8-4-2-3-5-10(8)16)14-12(13)15-11(17)7-13/h2-5,12,16H,6-7H2,1H3,(H,15,17). The normalized spacial score (nSPS) is 31.0. The topological polar surface area (TPSA) is 61.7 Å². The van der Waals surface area contributed by atoms with Gasteiger partial charge in [0.25, 0.3) is 0 Å². The summed E-state index contributed by atoms with van der Waals surface area (Å²) in [4.78, 5) is 15.9. The first-order valence-electron chi connectivity index (χ1n) is 5.73. The summed E-state index contributed by atoms with van der Waals surface area (Å²) >= 11 is 0. The number of nitrogens with one attached hydrogen (secondary N) is 1. The minimum atomic E-state index is -0.135. The number of hydrogen-bond donors (Lipinski definition) is 2. The van der Waals surface area contributed by atoms with E-state index >= 15 is 0 Å². The van der Waals surface area contributed by atoms with Crippen LogP contribution in [0.25, 0.3) is 0 Å². The highest BCUT2D eigenvalue weighted by Crippen LogP contribution is 2.42. The molecule has 1 saturated heterocycles. The molecule has 4 nitrogen and oxygen atoms in total. The molecule has 1 aromatic carbocycles. The van der Waals surface area contributed by atoms with Gasteiger partial charge in [0.2, 0.25) is 5.91 Å². The molecule has 88 valence electrons. The van der Waals surface area contributed by atoms with Crippen LogP contribution in [0, 0.1) is 5.41 Å². The Morgan fingerprint density at radius 1 is 1.41 bits per heavy atom. The maximum atomic E-state index is 11.3. The fourth-order valence-electron chi connectivity index (χ4n) is 2.65. The Bertz CT molecular complexity index is 524. The fraction of sp³-hybridized carbons (Fsp3) is 0.385. The van der Waals surface area contributed by atoms with E-state index in [0.29, 0.717) is 6.42 Å². The number of benzene rings is 1. The van der Waals surface area contributed by atoms with Crippen molar-refractivity contribution in [2.24, 2.45) is 10.4 Å². The van der Waals surface area contributed by atoms with Crippen LogP contribution in [0.2, 0.25) is 0 Å². The van der Waals surface area contributed by atoms with Crippen molar-refractivity contribution in [1.29, 1.82) is 0 Å². The third-order valence-electron chi connectivity index (χ3n) is 3.59. The molecule has 1 fully saturated rings. The molecule has 17 heavy (non-hydrogen) atoms. The SMILES string of the molecule is CC12CC(=O)NC1N=C(c1ccccc1O)C2. The lowest BCUT2D eigenvalue weighted by atomic mass is 9.83. The summed E-state index contributed by atoms with van der Waals surface area (Å²) in [5, 5.41) is 12.7. The van der Waals surface area contributed by atoms with E-state index in [1.807, 2.05) is 12.1 Å². The number of para-hydroxylation sites is 1. The van der Waals surface area contributed by atoms with E-state index in [1.54, 1.807) is 12.1 Å². The number of carbonyl (C=O) groups is 1. The highest BCUT2D eigenvalue weighted by Gasteiger charge is 2.48. The molecule has 3 rings (SSSR count). The van der Waals surface area contributed by atoms with Crippen LogP contribution >= 0.6 is 0 Å². The van der Waals surface area contributed by atoms with Crippen molar-refractivity contribution in [2.75, 3.05) is 0 Å². The number of fused-ring (bicyclic) bond motifs is 1. The van der Waals surface area contributed by atoms with Crippen LogP contribution < -0.4 is 5.32 Å². The average molecular weight is 230 g/mol. The summed E-state index contributed by atoms with van der Waals surface area (Å²) in [6.07, 6.45) is 1.11. The zero-order valence-electron chi connectivity index (χ0n) is 9.60. The molecule has 0 aliphatic carbocycles. The molecule has 2 N–H and O–H groups in total. The molecule has 0 radical (unpaired) electrons. The van der Waals surface area contributed by atoms with E-state index in [1.165, 1.54) is 0 Å². The van der Waals surface area contributed by atoms with Gasteiger partial charge in [0, 0.05) is 23.1 Å². The van der Waals surface area contributed by atoms with E-state index < -0.39 is 0 Å². The molecule has 1 aromatic rings. The molecule has 2 unspecified atom stereocenters. The Labute approximate surface area is 99.4 Å². The van der Waals surface area contributed by atoms with E-state index in [0.717, 1.165) is 17.7 Å². The quantitative estimate of drug-likeness (QED) is 0.766. The van der Waals surface area contributed by atoms with Crippen LogP contribution in [0.1, 0.15) is 25.3 Å². The molecule has 2 aliphatic rings. The van der Waals surface area contributed by atoms with Gasteiger partial charge in [-0.3, -0.25) is 9.79 Å². The van der Waals surface area contributed by atoms with Gasteiger partial charge in [-0.1, -0.05) is 19.1 Å². The maximum Gasteiger partial charge on any atom is 0.222 e. The van der Waals surface area contributed by atoms with E-state index in [4.69, 9.17) is 0 Å². The largest absolute Gasteiger partial charge is 0.507 e. The second kappa shape index (κ2) is 3.32. The second-order valence-corrected chi connectivity index (χ2v) is 5.07. The molecular weight excluding hydrogens is 216 g/mol. The Hall–Kier alpha value is -1.84. The minimum Gasteiger partial charge on any atom is -0.507 e. The number of carbonyl (C=O) groups excluding carboxylic acids is 1. The highest BCUT2D eigenvalue weighted by atomic mass is 16.3. The second-order valence-electron chi connectivity index (χ2n) is 5.07. The van der Waals surface area contributed by atoms with Crippen molar-refractivity contribution in [2.45, 2.75) is 25.9 Å².